The van der Waals surface area contributed by atoms with E-state index in [0.717, 1.165) is 5.69 Å². The van der Waals surface area contributed by atoms with Crippen molar-refractivity contribution in [2.75, 3.05) is 5.33 Å². The van der Waals surface area contributed by atoms with Gasteiger partial charge in [-0.25, -0.2) is 9.97 Å². The molecule has 1 rings (SSSR count). The van der Waals surface area contributed by atoms with Gasteiger partial charge in [0, 0.05) is 11.0 Å². The van der Waals surface area contributed by atoms with Gasteiger partial charge in [0.2, 0.25) is 5.28 Å². The second kappa shape index (κ2) is 4.16. The monoisotopic (exact) mass is 250 g/mol. The van der Waals surface area contributed by atoms with Gasteiger partial charge in [-0.1, -0.05) is 15.9 Å². The molecule has 0 saturated heterocycles. The minimum Gasteiger partial charge on any atom is -0.386 e. The Morgan fingerprint density at radius 1 is 1.67 bits per heavy atom. The molecule has 1 aromatic rings. The summed E-state index contributed by atoms with van der Waals surface area (Å²) in [5.74, 6) is 0. The van der Waals surface area contributed by atoms with Gasteiger partial charge >= 0.3 is 0 Å². The fourth-order valence-electron chi connectivity index (χ4n) is 0.805. The lowest BCUT2D eigenvalue weighted by Gasteiger charge is -2.06. The third kappa shape index (κ3) is 2.40. The van der Waals surface area contributed by atoms with Crippen LogP contribution in [0.25, 0.3) is 0 Å². The van der Waals surface area contributed by atoms with E-state index in [1.165, 1.54) is 0 Å². The molecule has 0 spiro atoms. The number of nitrogens with zero attached hydrogens (tertiary/aromatic N) is 2. The van der Waals surface area contributed by atoms with Crippen molar-refractivity contribution in [3.8, 4) is 0 Å². The average molecular weight is 252 g/mol. The van der Waals surface area contributed by atoms with E-state index in [1.54, 1.807) is 13.0 Å². The molecule has 0 amide bonds. The second-order valence-electron chi connectivity index (χ2n) is 2.37. The maximum absolute atomic E-state index is 9.38. The molecule has 3 nitrogen and oxygen atoms in total. The molecular formula is C7H8BrClN2O. The van der Waals surface area contributed by atoms with E-state index in [9.17, 15) is 5.11 Å². The van der Waals surface area contributed by atoms with Gasteiger partial charge in [0.1, 0.15) is 6.10 Å². The summed E-state index contributed by atoms with van der Waals surface area (Å²) in [6.07, 6.45) is -0.621. The number of rotatable bonds is 2. The summed E-state index contributed by atoms with van der Waals surface area (Å²) in [4.78, 5) is 7.76. The Bertz CT molecular complexity index is 262. The first-order chi connectivity index (χ1) is 5.63. The Morgan fingerprint density at radius 2 is 2.33 bits per heavy atom. The predicted molar refractivity (Wildman–Crippen MR) is 50.5 cm³/mol. The normalized spacial score (nSPS) is 13.0. The van der Waals surface area contributed by atoms with Gasteiger partial charge in [0.05, 0.1) is 5.69 Å². The fraction of sp³-hybridized carbons (Fsp3) is 0.429. The summed E-state index contributed by atoms with van der Waals surface area (Å²) in [6, 6.07) is 1.71. The second-order valence-corrected chi connectivity index (χ2v) is 3.36. The van der Waals surface area contributed by atoms with Crippen LogP contribution in [0.3, 0.4) is 0 Å². The van der Waals surface area contributed by atoms with Crippen LogP contribution in [-0.2, 0) is 0 Å². The van der Waals surface area contributed by atoms with Crippen LogP contribution in [0.5, 0.6) is 0 Å². The largest absolute Gasteiger partial charge is 0.386 e. The molecule has 1 heterocycles. The Morgan fingerprint density at radius 3 is 2.83 bits per heavy atom. The van der Waals surface area contributed by atoms with Crippen LogP contribution in [0.4, 0.5) is 0 Å². The van der Waals surface area contributed by atoms with Gasteiger partial charge in [0.25, 0.3) is 0 Å². The van der Waals surface area contributed by atoms with Crippen LogP contribution >= 0.6 is 27.5 Å². The average Bonchev–Trinajstić information content (AvgIpc) is 2.01. The molecule has 5 heteroatoms. The Labute approximate surface area is 83.9 Å². The highest BCUT2D eigenvalue weighted by Crippen LogP contribution is 2.15. The molecule has 66 valence electrons. The van der Waals surface area contributed by atoms with Crippen molar-refractivity contribution in [3.05, 3.63) is 22.7 Å². The summed E-state index contributed by atoms with van der Waals surface area (Å²) >= 11 is 8.75. The molecule has 12 heavy (non-hydrogen) atoms. The molecule has 0 saturated carbocycles. The highest BCUT2D eigenvalue weighted by atomic mass is 79.9. The first-order valence-corrected chi connectivity index (χ1v) is 4.88. The molecule has 0 radical (unpaired) electrons. The topological polar surface area (TPSA) is 46.0 Å². The Balaban J connectivity index is 3.00. The first-order valence-electron chi connectivity index (χ1n) is 3.38. The van der Waals surface area contributed by atoms with Crippen molar-refractivity contribution in [1.29, 1.82) is 0 Å². The third-order valence-electron chi connectivity index (χ3n) is 1.33. The zero-order chi connectivity index (χ0) is 9.14. The molecule has 1 atom stereocenters. The maximum Gasteiger partial charge on any atom is 0.222 e. The van der Waals surface area contributed by atoms with Crippen LogP contribution in [-0.4, -0.2) is 20.4 Å². The van der Waals surface area contributed by atoms with Gasteiger partial charge in [-0.2, -0.15) is 0 Å². The van der Waals surface area contributed by atoms with Crippen molar-refractivity contribution in [2.45, 2.75) is 13.0 Å². The zero-order valence-electron chi connectivity index (χ0n) is 6.46. The van der Waals surface area contributed by atoms with E-state index in [4.69, 9.17) is 11.6 Å². The fourth-order valence-corrected chi connectivity index (χ4v) is 1.37. The molecule has 0 fully saturated rings. The van der Waals surface area contributed by atoms with Crippen LogP contribution in [0.1, 0.15) is 17.5 Å². The molecule has 0 aliphatic carbocycles. The SMILES string of the molecule is Cc1cc(C(O)CBr)nc(Cl)n1. The summed E-state index contributed by atoms with van der Waals surface area (Å²) in [5.41, 5.74) is 1.30. The third-order valence-corrected chi connectivity index (χ3v) is 2.12. The molecular weight excluding hydrogens is 243 g/mol. The van der Waals surface area contributed by atoms with E-state index < -0.39 is 6.10 Å². The van der Waals surface area contributed by atoms with E-state index >= 15 is 0 Å². The van der Waals surface area contributed by atoms with Crippen molar-refractivity contribution in [2.24, 2.45) is 0 Å². The summed E-state index contributed by atoms with van der Waals surface area (Å²) in [6.45, 7) is 1.80. The van der Waals surface area contributed by atoms with Crippen LogP contribution in [0.2, 0.25) is 5.28 Å². The van der Waals surface area contributed by atoms with Crippen LogP contribution in [0.15, 0.2) is 6.07 Å². The summed E-state index contributed by atoms with van der Waals surface area (Å²) in [7, 11) is 0. The number of aliphatic hydroxyl groups excluding tert-OH is 1. The number of hydrogen-bond acceptors (Lipinski definition) is 3. The van der Waals surface area contributed by atoms with E-state index in [0.29, 0.717) is 11.0 Å². The number of hydrogen-bond donors (Lipinski definition) is 1. The van der Waals surface area contributed by atoms with Crippen molar-refractivity contribution in [1.82, 2.24) is 9.97 Å². The highest BCUT2D eigenvalue weighted by molar-refractivity contribution is 9.09. The van der Waals surface area contributed by atoms with Crippen molar-refractivity contribution >= 4 is 27.5 Å². The number of aromatic nitrogens is 2. The molecule has 0 aliphatic rings. The van der Waals surface area contributed by atoms with Gasteiger partial charge in [0.15, 0.2) is 0 Å². The Kier molecular flexibility index (Phi) is 3.43. The number of aryl methyl sites for hydroxylation is 1. The molecule has 1 aromatic heterocycles. The minimum atomic E-state index is -0.621. The number of aliphatic hydroxyl groups is 1. The lowest BCUT2D eigenvalue weighted by atomic mass is 10.2. The standard InChI is InChI=1S/C7H8BrClN2O/c1-4-2-5(6(12)3-8)11-7(9)10-4/h2,6,12H,3H2,1H3. The quantitative estimate of drug-likeness (QED) is 0.645. The van der Waals surface area contributed by atoms with Crippen molar-refractivity contribution in [3.63, 3.8) is 0 Å². The predicted octanol–water partition coefficient (Wildman–Crippen LogP) is 1.87. The molecule has 1 unspecified atom stereocenters. The van der Waals surface area contributed by atoms with Crippen LogP contribution in [0, 0.1) is 6.92 Å². The summed E-state index contributed by atoms with van der Waals surface area (Å²) < 4.78 is 0. The lowest BCUT2D eigenvalue weighted by molar-refractivity contribution is 0.200. The van der Waals surface area contributed by atoms with Gasteiger partial charge < -0.3 is 5.11 Å². The first kappa shape index (κ1) is 9.89. The number of alkyl halides is 1. The highest BCUT2D eigenvalue weighted by Gasteiger charge is 2.08. The lowest BCUT2D eigenvalue weighted by Crippen LogP contribution is -2.03. The zero-order valence-corrected chi connectivity index (χ0v) is 8.80. The summed E-state index contributed by atoms with van der Waals surface area (Å²) in [5, 5.41) is 10.00. The smallest absolute Gasteiger partial charge is 0.222 e. The van der Waals surface area contributed by atoms with Gasteiger partial charge in [-0.15, -0.1) is 0 Å². The molecule has 0 bridgehead atoms. The van der Waals surface area contributed by atoms with Gasteiger partial charge in [-0.3, -0.25) is 0 Å². The minimum absolute atomic E-state index is 0.171. The van der Waals surface area contributed by atoms with E-state index in [1.807, 2.05) is 0 Å². The number of halogens is 2. The van der Waals surface area contributed by atoms with E-state index in [2.05, 4.69) is 25.9 Å². The molecule has 0 aliphatic heterocycles. The van der Waals surface area contributed by atoms with E-state index in [-0.39, 0.29) is 5.28 Å². The molecule has 1 N–H and O–H groups in total. The maximum atomic E-state index is 9.38. The van der Waals surface area contributed by atoms with Crippen molar-refractivity contribution < 1.29 is 5.11 Å². The van der Waals surface area contributed by atoms with Crippen LogP contribution < -0.4 is 0 Å². The Hall–Kier alpha value is -0.190. The molecule has 0 aromatic carbocycles. The van der Waals surface area contributed by atoms with Gasteiger partial charge in [-0.05, 0) is 24.6 Å².